The van der Waals surface area contributed by atoms with Crippen LogP contribution in [0.25, 0.3) is 0 Å². The lowest BCUT2D eigenvalue weighted by atomic mass is 9.95. The monoisotopic (exact) mass is 294 g/mol. The highest BCUT2D eigenvalue weighted by Gasteiger charge is 2.30. The van der Waals surface area contributed by atoms with Crippen molar-refractivity contribution in [3.05, 3.63) is 0 Å². The first kappa shape index (κ1) is 16.5. The van der Waals surface area contributed by atoms with E-state index in [1.807, 2.05) is 0 Å². The molecular formula is C11H20NO6S-. The molecule has 0 amide bonds. The van der Waals surface area contributed by atoms with E-state index in [1.165, 1.54) is 0 Å². The summed E-state index contributed by atoms with van der Waals surface area (Å²) in [5, 5.41) is 0. The number of ether oxygens (including phenoxy) is 2. The molecule has 7 nitrogen and oxygen atoms in total. The van der Waals surface area contributed by atoms with Gasteiger partial charge < -0.3 is 14.0 Å². The van der Waals surface area contributed by atoms with Crippen LogP contribution in [0.2, 0.25) is 0 Å². The van der Waals surface area contributed by atoms with Gasteiger partial charge in [-0.25, -0.2) is 4.21 Å². The first-order valence-electron chi connectivity index (χ1n) is 6.12. The van der Waals surface area contributed by atoms with Gasteiger partial charge >= 0.3 is 5.97 Å². The average molecular weight is 294 g/mol. The standard InChI is InChI=1S/C11H21NO6S/c1-11(2,9-18-19(14)15)10(13)17-8-5-12-3-6-16-7-4-12/h3-9H2,1-2H3,(H,14,15)/p-1. The number of nitrogens with zero attached hydrogens (tertiary/aromatic N) is 1. The van der Waals surface area contributed by atoms with E-state index in [9.17, 15) is 13.6 Å². The molecule has 0 aromatic heterocycles. The zero-order chi connectivity index (χ0) is 14.3. The Balaban J connectivity index is 2.23. The molecule has 1 saturated heterocycles. The Hall–Kier alpha value is -0.540. The minimum Gasteiger partial charge on any atom is -0.750 e. The van der Waals surface area contributed by atoms with Crippen molar-refractivity contribution in [3.63, 3.8) is 0 Å². The van der Waals surface area contributed by atoms with Crippen LogP contribution in [0.15, 0.2) is 0 Å². The van der Waals surface area contributed by atoms with Gasteiger partial charge in [0.1, 0.15) is 6.61 Å². The maximum Gasteiger partial charge on any atom is 0.313 e. The van der Waals surface area contributed by atoms with Crippen molar-refractivity contribution in [3.8, 4) is 0 Å². The topological polar surface area (TPSA) is 88.1 Å². The van der Waals surface area contributed by atoms with Gasteiger partial charge in [0, 0.05) is 19.6 Å². The summed E-state index contributed by atoms with van der Waals surface area (Å²) in [6, 6.07) is 0. The number of carbonyl (C=O) groups excluding carboxylic acids is 1. The molecule has 0 bridgehead atoms. The second-order valence-corrected chi connectivity index (χ2v) is 5.58. The van der Waals surface area contributed by atoms with Crippen molar-refractivity contribution in [1.29, 1.82) is 0 Å². The molecule has 8 heteroatoms. The number of carbonyl (C=O) groups is 1. The minimum absolute atomic E-state index is 0.223. The van der Waals surface area contributed by atoms with Crippen LogP contribution < -0.4 is 0 Å². The molecular weight excluding hydrogens is 274 g/mol. The summed E-state index contributed by atoms with van der Waals surface area (Å²) in [5.41, 5.74) is -0.981. The molecule has 1 atom stereocenters. The highest BCUT2D eigenvalue weighted by Crippen LogP contribution is 2.18. The summed E-state index contributed by atoms with van der Waals surface area (Å²) in [5.74, 6) is -0.466. The highest BCUT2D eigenvalue weighted by molar-refractivity contribution is 7.74. The second-order valence-electron chi connectivity index (χ2n) is 4.94. The lowest BCUT2D eigenvalue weighted by Crippen LogP contribution is -2.39. The van der Waals surface area contributed by atoms with Gasteiger partial charge in [0.2, 0.25) is 0 Å². The van der Waals surface area contributed by atoms with E-state index >= 15 is 0 Å². The van der Waals surface area contributed by atoms with Gasteiger partial charge in [-0.2, -0.15) is 0 Å². The number of esters is 1. The third kappa shape index (κ3) is 6.44. The van der Waals surface area contributed by atoms with Gasteiger partial charge in [0.05, 0.1) is 36.6 Å². The number of hydrogen-bond acceptors (Lipinski definition) is 7. The summed E-state index contributed by atoms with van der Waals surface area (Å²) < 4.78 is 35.4. The van der Waals surface area contributed by atoms with Crippen LogP contribution in [0.3, 0.4) is 0 Å². The summed E-state index contributed by atoms with van der Waals surface area (Å²) in [6.07, 6.45) is 0. The zero-order valence-electron chi connectivity index (χ0n) is 11.3. The molecule has 1 unspecified atom stereocenters. The van der Waals surface area contributed by atoms with Crippen LogP contribution >= 0.6 is 0 Å². The molecule has 0 spiro atoms. The van der Waals surface area contributed by atoms with Crippen LogP contribution in [0.4, 0.5) is 0 Å². The summed E-state index contributed by atoms with van der Waals surface area (Å²) in [4.78, 5) is 13.9. The Bertz CT molecular complexity index is 316. The van der Waals surface area contributed by atoms with Gasteiger partial charge in [0.15, 0.2) is 0 Å². The Labute approximate surface area is 115 Å². The predicted octanol–water partition coefficient (Wildman–Crippen LogP) is -0.301. The first-order chi connectivity index (χ1) is 8.92. The molecule has 1 fully saturated rings. The molecule has 0 N–H and O–H groups in total. The molecule has 0 aromatic carbocycles. The number of morpholine rings is 1. The Morgan fingerprint density at radius 2 is 2.05 bits per heavy atom. The van der Waals surface area contributed by atoms with Gasteiger partial charge in [0.25, 0.3) is 0 Å². The average Bonchev–Trinajstić information content (AvgIpc) is 2.37. The number of hydrogen-bond donors (Lipinski definition) is 0. The van der Waals surface area contributed by atoms with Crippen molar-refractivity contribution >= 4 is 17.3 Å². The zero-order valence-corrected chi connectivity index (χ0v) is 12.1. The van der Waals surface area contributed by atoms with Gasteiger partial charge in [-0.05, 0) is 13.8 Å². The maximum absolute atomic E-state index is 11.8. The Morgan fingerprint density at radius 1 is 1.42 bits per heavy atom. The quantitative estimate of drug-likeness (QED) is 0.470. The van der Waals surface area contributed by atoms with Crippen LogP contribution in [0, 0.1) is 5.41 Å². The molecule has 1 aliphatic heterocycles. The number of rotatable bonds is 7. The van der Waals surface area contributed by atoms with Crippen molar-refractivity contribution < 1.29 is 27.2 Å². The predicted molar refractivity (Wildman–Crippen MR) is 66.9 cm³/mol. The largest absolute Gasteiger partial charge is 0.750 e. The fourth-order valence-corrected chi connectivity index (χ4v) is 1.93. The fourth-order valence-electron chi connectivity index (χ4n) is 1.54. The van der Waals surface area contributed by atoms with Crippen molar-refractivity contribution in [2.45, 2.75) is 13.8 Å². The molecule has 1 aliphatic rings. The summed E-state index contributed by atoms with van der Waals surface area (Å²) in [7, 11) is 0. The van der Waals surface area contributed by atoms with Crippen LogP contribution in [0.5, 0.6) is 0 Å². The SMILES string of the molecule is CC(C)(COS(=O)[O-])C(=O)OCCN1CCOCC1. The molecule has 19 heavy (non-hydrogen) atoms. The van der Waals surface area contributed by atoms with Gasteiger partial charge in [-0.15, -0.1) is 0 Å². The Kier molecular flexibility index (Phi) is 6.87. The van der Waals surface area contributed by atoms with Crippen molar-refractivity contribution in [2.75, 3.05) is 46.1 Å². The van der Waals surface area contributed by atoms with E-state index in [0.29, 0.717) is 19.8 Å². The van der Waals surface area contributed by atoms with E-state index in [4.69, 9.17) is 9.47 Å². The van der Waals surface area contributed by atoms with Crippen molar-refractivity contribution in [1.82, 2.24) is 4.90 Å². The van der Waals surface area contributed by atoms with Crippen LogP contribution in [-0.4, -0.2) is 65.7 Å². The van der Waals surface area contributed by atoms with Crippen LogP contribution in [0.1, 0.15) is 13.8 Å². The normalized spacial score (nSPS) is 19.1. The van der Waals surface area contributed by atoms with E-state index in [1.54, 1.807) is 13.8 Å². The second kappa shape index (κ2) is 7.91. The lowest BCUT2D eigenvalue weighted by molar-refractivity contribution is -0.156. The van der Waals surface area contributed by atoms with Crippen molar-refractivity contribution in [2.24, 2.45) is 5.41 Å². The molecule has 0 radical (unpaired) electrons. The van der Waals surface area contributed by atoms with E-state index in [0.717, 1.165) is 13.1 Å². The first-order valence-corrected chi connectivity index (χ1v) is 7.12. The van der Waals surface area contributed by atoms with E-state index in [-0.39, 0.29) is 13.2 Å². The van der Waals surface area contributed by atoms with Gasteiger partial charge in [-0.3, -0.25) is 13.9 Å². The third-order valence-electron chi connectivity index (χ3n) is 2.81. The molecule has 1 heterocycles. The fraction of sp³-hybridized carbons (Fsp3) is 0.909. The van der Waals surface area contributed by atoms with E-state index < -0.39 is 22.7 Å². The Morgan fingerprint density at radius 3 is 2.63 bits per heavy atom. The van der Waals surface area contributed by atoms with Gasteiger partial charge in [-0.1, -0.05) is 0 Å². The molecule has 1 rings (SSSR count). The van der Waals surface area contributed by atoms with E-state index in [2.05, 4.69) is 9.08 Å². The third-order valence-corrected chi connectivity index (χ3v) is 3.12. The molecule has 0 aromatic rings. The molecule has 112 valence electrons. The summed E-state index contributed by atoms with van der Waals surface area (Å²) >= 11 is -2.62. The highest BCUT2D eigenvalue weighted by atomic mass is 32.2. The minimum atomic E-state index is -2.62. The smallest absolute Gasteiger partial charge is 0.313 e. The molecule has 0 saturated carbocycles. The lowest BCUT2D eigenvalue weighted by Gasteiger charge is -2.27. The molecule has 0 aliphatic carbocycles. The van der Waals surface area contributed by atoms with Crippen LogP contribution in [-0.2, 0) is 29.8 Å². The summed E-state index contributed by atoms with van der Waals surface area (Å²) in [6.45, 7) is 6.93. The maximum atomic E-state index is 11.8.